The number of guanidine groups is 1. The molecule has 0 bridgehead atoms. The van der Waals surface area contributed by atoms with Gasteiger partial charge < -0.3 is 10.6 Å². The molecule has 1 fully saturated rings. The van der Waals surface area contributed by atoms with Gasteiger partial charge in [-0.2, -0.15) is 13.2 Å². The second-order valence-electron chi connectivity index (χ2n) is 7.27. The summed E-state index contributed by atoms with van der Waals surface area (Å²) in [6.45, 7) is 1.06. The van der Waals surface area contributed by atoms with E-state index in [1.807, 2.05) is 4.90 Å². The van der Waals surface area contributed by atoms with Crippen LogP contribution in [0.3, 0.4) is 0 Å². The van der Waals surface area contributed by atoms with Gasteiger partial charge in [-0.1, -0.05) is 6.07 Å². The van der Waals surface area contributed by atoms with Crippen LogP contribution >= 0.6 is 24.0 Å². The van der Waals surface area contributed by atoms with Gasteiger partial charge in [-0.15, -0.1) is 24.0 Å². The Hall–Kier alpha value is -1.21. The Morgan fingerprint density at radius 3 is 2.53 bits per heavy atom. The third-order valence-corrected chi connectivity index (χ3v) is 4.75. The average molecular weight is 549 g/mol. The first kappa shape index (κ1) is 26.8. The minimum atomic E-state index is -4.22. The smallest absolute Gasteiger partial charge is 0.355 e. The molecule has 0 saturated carbocycles. The van der Waals surface area contributed by atoms with Gasteiger partial charge >= 0.3 is 6.18 Å². The van der Waals surface area contributed by atoms with Gasteiger partial charge in [0.25, 0.3) is 0 Å². The predicted octanol–water partition coefficient (Wildman–Crippen LogP) is 3.21. The fourth-order valence-corrected chi connectivity index (χ4v) is 3.36. The zero-order chi connectivity index (χ0) is 21.4. The highest BCUT2D eigenvalue weighted by Gasteiger charge is 2.29. The number of nitrogens with zero attached hydrogens (tertiary/aromatic N) is 3. The number of rotatable bonds is 7. The van der Waals surface area contributed by atoms with Gasteiger partial charge in [-0.3, -0.25) is 14.8 Å². The maximum Gasteiger partial charge on any atom is 0.401 e. The molecule has 11 heteroatoms. The number of piperidine rings is 1. The lowest BCUT2D eigenvalue weighted by atomic mass is 10.0. The molecule has 1 aromatic carbocycles. The first-order valence-corrected chi connectivity index (χ1v) is 9.55. The molecule has 172 valence electrons. The highest BCUT2D eigenvalue weighted by molar-refractivity contribution is 14.0. The summed E-state index contributed by atoms with van der Waals surface area (Å²) in [5.41, 5.74) is 0.0587. The third kappa shape index (κ3) is 9.29. The zero-order valence-electron chi connectivity index (χ0n) is 17.1. The molecule has 1 saturated heterocycles. The number of aliphatic imine (C=N–C) groups is 1. The Morgan fingerprint density at radius 1 is 1.27 bits per heavy atom. The monoisotopic (exact) mass is 549 g/mol. The molecule has 1 aliphatic rings. The van der Waals surface area contributed by atoms with Crippen molar-refractivity contribution in [2.45, 2.75) is 31.6 Å². The van der Waals surface area contributed by atoms with E-state index in [0.29, 0.717) is 19.0 Å². The molecule has 0 aliphatic carbocycles. The fourth-order valence-electron chi connectivity index (χ4n) is 3.36. The molecule has 0 amide bonds. The summed E-state index contributed by atoms with van der Waals surface area (Å²) in [5.74, 6) is -0.615. The van der Waals surface area contributed by atoms with E-state index < -0.39 is 24.4 Å². The molecular formula is C19H29F5IN5. The van der Waals surface area contributed by atoms with Crippen molar-refractivity contribution in [2.75, 3.05) is 46.8 Å². The van der Waals surface area contributed by atoms with Crippen molar-refractivity contribution in [3.63, 3.8) is 0 Å². The van der Waals surface area contributed by atoms with Crippen molar-refractivity contribution < 1.29 is 22.0 Å². The van der Waals surface area contributed by atoms with E-state index in [1.54, 1.807) is 7.05 Å². The molecule has 0 aromatic heterocycles. The summed E-state index contributed by atoms with van der Waals surface area (Å²) in [7, 11) is 3.00. The van der Waals surface area contributed by atoms with Crippen molar-refractivity contribution in [3.8, 4) is 0 Å². The molecule has 30 heavy (non-hydrogen) atoms. The minimum Gasteiger partial charge on any atom is -0.355 e. The first-order valence-electron chi connectivity index (χ1n) is 9.55. The van der Waals surface area contributed by atoms with Crippen LogP contribution in [-0.2, 0) is 6.54 Å². The van der Waals surface area contributed by atoms with E-state index in [4.69, 9.17) is 0 Å². The molecule has 0 radical (unpaired) electrons. The molecule has 5 nitrogen and oxygen atoms in total. The highest BCUT2D eigenvalue weighted by atomic mass is 127. The Kier molecular flexibility index (Phi) is 11.3. The lowest BCUT2D eigenvalue weighted by molar-refractivity contribution is -0.142. The summed E-state index contributed by atoms with van der Waals surface area (Å²) < 4.78 is 64.9. The molecule has 2 rings (SSSR count). The van der Waals surface area contributed by atoms with Gasteiger partial charge in [-0.25, -0.2) is 8.78 Å². The maximum atomic E-state index is 13.9. The van der Waals surface area contributed by atoms with Gasteiger partial charge in [-0.05, 0) is 38.6 Å². The molecule has 1 unspecified atom stereocenters. The number of hydrogen-bond donors (Lipinski definition) is 2. The van der Waals surface area contributed by atoms with E-state index in [2.05, 4.69) is 15.6 Å². The molecule has 1 heterocycles. The van der Waals surface area contributed by atoms with Gasteiger partial charge in [0.1, 0.15) is 11.6 Å². The van der Waals surface area contributed by atoms with Crippen LogP contribution in [0.5, 0.6) is 0 Å². The Morgan fingerprint density at radius 2 is 1.93 bits per heavy atom. The van der Waals surface area contributed by atoms with Crippen molar-refractivity contribution in [1.82, 2.24) is 20.4 Å². The van der Waals surface area contributed by atoms with E-state index in [-0.39, 0.29) is 48.7 Å². The topological polar surface area (TPSA) is 42.9 Å². The number of hydrogen-bond acceptors (Lipinski definition) is 3. The number of nitrogens with one attached hydrogen (secondary N) is 2. The number of likely N-dealkylation sites (N-methyl/N-ethyl adjacent to an activating group) is 1. The summed E-state index contributed by atoms with van der Waals surface area (Å²) in [5, 5.41) is 6.25. The molecule has 1 atom stereocenters. The van der Waals surface area contributed by atoms with Crippen LogP contribution in [0.25, 0.3) is 0 Å². The molecule has 0 spiro atoms. The Labute approximate surface area is 191 Å². The maximum absolute atomic E-state index is 13.9. The van der Waals surface area contributed by atoms with Crippen LogP contribution in [0.2, 0.25) is 0 Å². The van der Waals surface area contributed by atoms with E-state index in [9.17, 15) is 22.0 Å². The third-order valence-electron chi connectivity index (χ3n) is 4.75. The zero-order valence-corrected chi connectivity index (χ0v) is 19.4. The van der Waals surface area contributed by atoms with E-state index in [0.717, 1.165) is 19.4 Å². The Bertz CT molecular complexity index is 666. The van der Waals surface area contributed by atoms with Crippen LogP contribution < -0.4 is 10.6 Å². The van der Waals surface area contributed by atoms with Crippen LogP contribution in [0.1, 0.15) is 18.4 Å². The van der Waals surface area contributed by atoms with Crippen LogP contribution in [0.15, 0.2) is 23.2 Å². The molecule has 1 aliphatic heterocycles. The van der Waals surface area contributed by atoms with E-state index >= 15 is 0 Å². The van der Waals surface area contributed by atoms with Crippen molar-refractivity contribution in [1.29, 1.82) is 0 Å². The standard InChI is InChI=1S/C19H28F5N5.HI/c1-25-18(26-8-10-28(2)13-19(22,23)24)27-14-5-4-9-29(11-14)12-15-16(20)6-3-7-17(15)21;/h3,6-7,14H,4-5,8-13H2,1-2H3,(H2,25,26,27);1H. The lowest BCUT2D eigenvalue weighted by Crippen LogP contribution is -2.51. The SMILES string of the molecule is CN=C(NCCN(C)CC(F)(F)F)NC1CCCN(Cc2c(F)cccc2F)C1.I. The largest absolute Gasteiger partial charge is 0.401 e. The second kappa shape index (κ2) is 12.6. The number of benzene rings is 1. The summed E-state index contributed by atoms with van der Waals surface area (Å²) in [6.07, 6.45) is -2.50. The number of likely N-dealkylation sites (tertiary alicyclic amines) is 1. The summed E-state index contributed by atoms with van der Waals surface area (Å²) in [6, 6.07) is 3.87. The van der Waals surface area contributed by atoms with Gasteiger partial charge in [0.2, 0.25) is 0 Å². The number of alkyl halides is 3. The first-order chi connectivity index (χ1) is 13.7. The van der Waals surface area contributed by atoms with Gasteiger partial charge in [0.15, 0.2) is 5.96 Å². The van der Waals surface area contributed by atoms with Gasteiger partial charge in [0.05, 0.1) is 6.54 Å². The lowest BCUT2D eigenvalue weighted by Gasteiger charge is -2.34. The second-order valence-corrected chi connectivity index (χ2v) is 7.27. The highest BCUT2D eigenvalue weighted by Crippen LogP contribution is 2.18. The van der Waals surface area contributed by atoms with Gasteiger partial charge in [0, 0.05) is 44.8 Å². The Balaban J connectivity index is 0.00000450. The summed E-state index contributed by atoms with van der Waals surface area (Å²) >= 11 is 0. The minimum absolute atomic E-state index is 0. The molecule has 2 N–H and O–H groups in total. The molecule has 1 aromatic rings. The quantitative estimate of drug-likeness (QED) is 0.238. The van der Waals surface area contributed by atoms with Crippen LogP contribution in [-0.4, -0.2) is 74.8 Å². The van der Waals surface area contributed by atoms with Crippen LogP contribution in [0, 0.1) is 11.6 Å². The predicted molar refractivity (Wildman–Crippen MR) is 118 cm³/mol. The van der Waals surface area contributed by atoms with Crippen molar-refractivity contribution in [3.05, 3.63) is 35.4 Å². The summed E-state index contributed by atoms with van der Waals surface area (Å²) in [4.78, 5) is 7.27. The van der Waals surface area contributed by atoms with Crippen LogP contribution in [0.4, 0.5) is 22.0 Å². The van der Waals surface area contributed by atoms with E-state index in [1.165, 1.54) is 30.1 Å². The number of halogens is 6. The average Bonchev–Trinajstić information content (AvgIpc) is 2.63. The fraction of sp³-hybridized carbons (Fsp3) is 0.632. The van der Waals surface area contributed by atoms with Crippen molar-refractivity contribution in [2.24, 2.45) is 4.99 Å². The van der Waals surface area contributed by atoms with Crippen molar-refractivity contribution >= 4 is 29.9 Å². The normalized spacial score (nSPS) is 18.3. The molecular weight excluding hydrogens is 520 g/mol.